The van der Waals surface area contributed by atoms with Crippen molar-refractivity contribution >= 4 is 11.7 Å². The molecule has 0 spiro atoms. The molecule has 2 aliphatic rings. The Morgan fingerprint density at radius 3 is 2.69 bits per heavy atom. The number of amides is 1. The van der Waals surface area contributed by atoms with E-state index in [1.165, 1.54) is 12.3 Å². The van der Waals surface area contributed by atoms with E-state index in [2.05, 4.69) is 10.3 Å². The van der Waals surface area contributed by atoms with Crippen molar-refractivity contribution in [2.75, 3.05) is 57.4 Å². The lowest BCUT2D eigenvalue weighted by atomic mass is 10.0. The lowest BCUT2D eigenvalue weighted by molar-refractivity contribution is -0.137. The van der Waals surface area contributed by atoms with Crippen LogP contribution < -0.4 is 15.0 Å². The Balaban J connectivity index is 1.19. The fourth-order valence-electron chi connectivity index (χ4n) is 3.94. The summed E-state index contributed by atoms with van der Waals surface area (Å²) in [7, 11) is 0. The van der Waals surface area contributed by atoms with Crippen LogP contribution in [-0.4, -0.2) is 79.0 Å². The normalized spacial score (nSPS) is 21.1. The summed E-state index contributed by atoms with van der Waals surface area (Å²) in [6, 6.07) is 10.6. The highest BCUT2D eigenvalue weighted by Crippen LogP contribution is 2.25. The fraction of sp³-hybridized carbons (Fsp3) is 0.478. The van der Waals surface area contributed by atoms with Gasteiger partial charge in [-0.1, -0.05) is 12.1 Å². The number of halogens is 1. The lowest BCUT2D eigenvalue weighted by Gasteiger charge is -2.26. The van der Waals surface area contributed by atoms with Crippen molar-refractivity contribution < 1.29 is 23.8 Å². The molecule has 2 N–H and O–H groups in total. The van der Waals surface area contributed by atoms with Gasteiger partial charge in [-0.15, -0.1) is 0 Å². The van der Waals surface area contributed by atoms with Gasteiger partial charge in [0.25, 0.3) is 5.91 Å². The second kappa shape index (κ2) is 10.2. The number of anilines is 1. The molecule has 1 aromatic heterocycles. The van der Waals surface area contributed by atoms with Crippen LogP contribution in [0.1, 0.15) is 12.0 Å². The molecular formula is C23H29FN4O4. The maximum atomic E-state index is 13.1. The Bertz CT molecular complexity index is 890. The number of hydrogen-bond donors (Lipinski definition) is 2. The van der Waals surface area contributed by atoms with Crippen LogP contribution in [0.25, 0.3) is 0 Å². The fourth-order valence-corrected chi connectivity index (χ4v) is 3.94. The number of hydrogen-bond acceptors (Lipinski definition) is 7. The Kier molecular flexibility index (Phi) is 7.19. The van der Waals surface area contributed by atoms with Gasteiger partial charge < -0.3 is 29.7 Å². The van der Waals surface area contributed by atoms with Crippen molar-refractivity contribution in [3.8, 4) is 5.75 Å². The molecule has 32 heavy (non-hydrogen) atoms. The number of pyridine rings is 1. The first-order valence-corrected chi connectivity index (χ1v) is 10.9. The number of rotatable bonds is 8. The predicted octanol–water partition coefficient (Wildman–Crippen LogP) is 1.19. The summed E-state index contributed by atoms with van der Waals surface area (Å²) >= 11 is 0. The van der Waals surface area contributed by atoms with Gasteiger partial charge in [0.2, 0.25) is 0 Å². The third-order valence-electron chi connectivity index (χ3n) is 5.80. The maximum absolute atomic E-state index is 13.1. The first-order valence-electron chi connectivity index (χ1n) is 10.9. The molecule has 172 valence electrons. The van der Waals surface area contributed by atoms with Crippen LogP contribution in [0.3, 0.4) is 0 Å². The summed E-state index contributed by atoms with van der Waals surface area (Å²) in [6.45, 7) is 4.54. The molecule has 0 radical (unpaired) electrons. The predicted molar refractivity (Wildman–Crippen MR) is 117 cm³/mol. The number of aliphatic hydroxyl groups is 1. The highest BCUT2D eigenvalue weighted by atomic mass is 19.1. The van der Waals surface area contributed by atoms with Crippen molar-refractivity contribution in [2.24, 2.45) is 0 Å². The van der Waals surface area contributed by atoms with Gasteiger partial charge in [0.1, 0.15) is 17.4 Å². The largest absolute Gasteiger partial charge is 0.484 e. The molecule has 1 atom stereocenters. The smallest absolute Gasteiger partial charge is 0.260 e. The zero-order chi connectivity index (χ0) is 22.4. The topological polar surface area (TPSA) is 87.2 Å². The molecule has 8 nitrogen and oxygen atoms in total. The number of nitrogens with zero attached hydrogens (tertiary/aromatic N) is 3. The van der Waals surface area contributed by atoms with E-state index in [0.717, 1.165) is 5.56 Å². The van der Waals surface area contributed by atoms with E-state index in [9.17, 15) is 14.3 Å². The minimum Gasteiger partial charge on any atom is -0.484 e. The zero-order valence-electron chi connectivity index (χ0n) is 18.0. The summed E-state index contributed by atoms with van der Waals surface area (Å²) in [5.74, 6) is 0.913. The second-order valence-electron chi connectivity index (χ2n) is 8.26. The first kappa shape index (κ1) is 22.4. The quantitative estimate of drug-likeness (QED) is 0.633. The number of aromatic nitrogens is 1. The van der Waals surface area contributed by atoms with Gasteiger partial charge >= 0.3 is 0 Å². The van der Waals surface area contributed by atoms with Crippen molar-refractivity contribution in [1.29, 1.82) is 0 Å². The van der Waals surface area contributed by atoms with E-state index in [4.69, 9.17) is 9.47 Å². The number of morpholine rings is 1. The molecule has 0 aliphatic carbocycles. The van der Waals surface area contributed by atoms with Gasteiger partial charge in [0, 0.05) is 39.3 Å². The number of carbonyl (C=O) groups is 1. The molecule has 3 heterocycles. The van der Waals surface area contributed by atoms with E-state index < -0.39 is 5.60 Å². The number of β-amino-alcohol motifs (C(OH)–C–C–N with tert-alkyl or cyclic N) is 1. The second-order valence-corrected chi connectivity index (χ2v) is 8.26. The Hall–Kier alpha value is -2.75. The summed E-state index contributed by atoms with van der Waals surface area (Å²) in [5, 5.41) is 14.2. The number of benzene rings is 1. The van der Waals surface area contributed by atoms with Crippen LogP contribution in [0.15, 0.2) is 42.6 Å². The molecule has 4 rings (SSSR count). The highest BCUT2D eigenvalue weighted by Gasteiger charge is 2.36. The summed E-state index contributed by atoms with van der Waals surface area (Å²) in [4.78, 5) is 20.0. The van der Waals surface area contributed by atoms with Crippen molar-refractivity contribution in [2.45, 2.75) is 18.6 Å². The standard InChI is InChI=1S/C23H29FN4O4/c24-19-3-6-21(26-14-19)28-8-7-23(30,17-28)16-25-13-18-1-4-20(5-2-18)32-15-22(29)27-9-11-31-12-10-27/h1-6,14,25,30H,7-13,15-17H2/t23-/m1/s1. The summed E-state index contributed by atoms with van der Waals surface area (Å²) in [5.41, 5.74) is 0.189. The number of carbonyl (C=O) groups excluding carboxylic acids is 1. The molecule has 2 saturated heterocycles. The molecule has 2 aliphatic heterocycles. The van der Waals surface area contributed by atoms with Crippen LogP contribution in [0.2, 0.25) is 0 Å². The maximum Gasteiger partial charge on any atom is 0.260 e. The molecule has 0 saturated carbocycles. The van der Waals surface area contributed by atoms with E-state index in [-0.39, 0.29) is 18.3 Å². The third kappa shape index (κ3) is 5.93. The van der Waals surface area contributed by atoms with Crippen LogP contribution in [0, 0.1) is 5.82 Å². The molecule has 1 aromatic carbocycles. The monoisotopic (exact) mass is 444 g/mol. The first-order chi connectivity index (χ1) is 15.5. The Labute approximate surface area is 186 Å². The SMILES string of the molecule is O=C(COc1ccc(CNC[C@]2(O)CCN(c3ccc(F)cn3)C2)cc1)N1CCOCC1. The van der Waals surface area contributed by atoms with E-state index >= 15 is 0 Å². The van der Waals surface area contributed by atoms with E-state index in [1.54, 1.807) is 11.0 Å². The summed E-state index contributed by atoms with van der Waals surface area (Å²) in [6.07, 6.45) is 1.81. The summed E-state index contributed by atoms with van der Waals surface area (Å²) < 4.78 is 23.9. The average molecular weight is 445 g/mol. The van der Waals surface area contributed by atoms with Crippen molar-refractivity contribution in [3.63, 3.8) is 0 Å². The minimum atomic E-state index is -0.862. The Morgan fingerprint density at radius 1 is 1.19 bits per heavy atom. The average Bonchev–Trinajstić information content (AvgIpc) is 3.21. The van der Waals surface area contributed by atoms with Gasteiger partial charge in [-0.25, -0.2) is 9.37 Å². The Morgan fingerprint density at radius 2 is 1.97 bits per heavy atom. The van der Waals surface area contributed by atoms with Crippen LogP contribution >= 0.6 is 0 Å². The minimum absolute atomic E-state index is 0.0179. The van der Waals surface area contributed by atoms with Gasteiger partial charge in [-0.3, -0.25) is 4.79 Å². The van der Waals surface area contributed by atoms with Gasteiger partial charge in [0.05, 0.1) is 25.0 Å². The van der Waals surface area contributed by atoms with Gasteiger partial charge in [0.15, 0.2) is 6.61 Å². The zero-order valence-corrected chi connectivity index (χ0v) is 18.0. The molecule has 9 heteroatoms. The highest BCUT2D eigenvalue weighted by molar-refractivity contribution is 5.77. The van der Waals surface area contributed by atoms with Crippen molar-refractivity contribution in [3.05, 3.63) is 54.0 Å². The van der Waals surface area contributed by atoms with Crippen LogP contribution in [0.5, 0.6) is 5.75 Å². The molecular weight excluding hydrogens is 415 g/mol. The molecule has 1 amide bonds. The molecule has 2 aromatic rings. The van der Waals surface area contributed by atoms with Crippen molar-refractivity contribution in [1.82, 2.24) is 15.2 Å². The van der Waals surface area contributed by atoms with Crippen LogP contribution in [0.4, 0.5) is 10.2 Å². The lowest BCUT2D eigenvalue weighted by Crippen LogP contribution is -2.43. The molecule has 0 unspecified atom stereocenters. The third-order valence-corrected chi connectivity index (χ3v) is 5.80. The van der Waals surface area contributed by atoms with E-state index in [1.807, 2.05) is 29.2 Å². The van der Waals surface area contributed by atoms with Gasteiger partial charge in [-0.2, -0.15) is 0 Å². The number of ether oxygens (including phenoxy) is 2. The van der Waals surface area contributed by atoms with Gasteiger partial charge in [-0.05, 0) is 36.2 Å². The molecule has 2 fully saturated rings. The van der Waals surface area contributed by atoms with Crippen LogP contribution in [-0.2, 0) is 16.1 Å². The number of nitrogens with one attached hydrogen (secondary N) is 1. The molecule has 0 bridgehead atoms. The van der Waals surface area contributed by atoms with E-state index in [0.29, 0.717) is 70.5 Å².